The highest BCUT2D eigenvalue weighted by Crippen LogP contribution is 2.41. The van der Waals surface area contributed by atoms with Gasteiger partial charge in [0.15, 0.2) is 0 Å². The summed E-state index contributed by atoms with van der Waals surface area (Å²) in [6.07, 6.45) is 0. The molecule has 0 aliphatic carbocycles. The fraction of sp³-hybridized carbons (Fsp3) is 0.0256. The van der Waals surface area contributed by atoms with Gasteiger partial charge in [-0.2, -0.15) is 10.5 Å². The molecular formula is C39H24N4. The molecule has 43 heavy (non-hydrogen) atoms. The van der Waals surface area contributed by atoms with Gasteiger partial charge >= 0.3 is 0 Å². The van der Waals surface area contributed by atoms with Gasteiger partial charge in [0.25, 0.3) is 0 Å². The van der Waals surface area contributed by atoms with Gasteiger partial charge in [0, 0.05) is 27.2 Å². The SMILES string of the molecule is Cc1c(-n2c3ccccc3c3c(-c4ccc5c6ccccc6n(-c6ccccc6)c5c4)cccc32)ccc(C#N)c1C#N. The lowest BCUT2D eigenvalue weighted by Gasteiger charge is -2.13. The Hall–Kier alpha value is -6.10. The maximum Gasteiger partial charge on any atom is 0.101 e. The van der Waals surface area contributed by atoms with Crippen molar-refractivity contribution < 1.29 is 0 Å². The smallest absolute Gasteiger partial charge is 0.101 e. The van der Waals surface area contributed by atoms with Crippen LogP contribution in [-0.4, -0.2) is 9.13 Å². The molecule has 0 fully saturated rings. The maximum absolute atomic E-state index is 9.90. The third kappa shape index (κ3) is 3.54. The number of nitrogens with zero attached hydrogens (tertiary/aromatic N) is 4. The van der Waals surface area contributed by atoms with Crippen molar-refractivity contribution in [1.29, 1.82) is 10.5 Å². The van der Waals surface area contributed by atoms with Gasteiger partial charge in [0.2, 0.25) is 0 Å². The predicted octanol–water partition coefficient (Wildman–Crippen LogP) is 9.60. The molecule has 0 amide bonds. The Labute approximate surface area is 248 Å². The van der Waals surface area contributed by atoms with Crippen LogP contribution in [0.2, 0.25) is 0 Å². The summed E-state index contributed by atoms with van der Waals surface area (Å²) in [5.74, 6) is 0. The zero-order chi connectivity index (χ0) is 29.1. The fourth-order valence-corrected chi connectivity index (χ4v) is 6.69. The molecule has 6 aromatic carbocycles. The quantitative estimate of drug-likeness (QED) is 0.221. The van der Waals surface area contributed by atoms with E-state index in [0.717, 1.165) is 55.4 Å². The van der Waals surface area contributed by atoms with Crippen LogP contribution >= 0.6 is 0 Å². The topological polar surface area (TPSA) is 57.4 Å². The zero-order valence-corrected chi connectivity index (χ0v) is 23.4. The van der Waals surface area contributed by atoms with Crippen molar-refractivity contribution in [2.24, 2.45) is 0 Å². The number of fused-ring (bicyclic) bond motifs is 6. The van der Waals surface area contributed by atoms with Gasteiger partial charge in [0.1, 0.15) is 12.1 Å². The highest BCUT2D eigenvalue weighted by atomic mass is 15.0. The summed E-state index contributed by atoms with van der Waals surface area (Å²) in [6, 6.07) is 48.9. The van der Waals surface area contributed by atoms with Gasteiger partial charge in [-0.1, -0.05) is 78.9 Å². The third-order valence-electron chi connectivity index (χ3n) is 8.61. The first-order chi connectivity index (χ1) is 21.2. The molecule has 0 radical (unpaired) electrons. The average Bonchev–Trinajstić information content (AvgIpc) is 3.57. The minimum absolute atomic E-state index is 0.396. The second-order valence-corrected chi connectivity index (χ2v) is 10.8. The number of rotatable bonds is 3. The zero-order valence-electron chi connectivity index (χ0n) is 23.4. The minimum atomic E-state index is 0.396. The molecule has 2 aromatic heterocycles. The molecule has 0 spiro atoms. The van der Waals surface area contributed by atoms with Crippen LogP contribution < -0.4 is 0 Å². The molecule has 0 unspecified atom stereocenters. The summed E-state index contributed by atoms with van der Waals surface area (Å²) in [7, 11) is 0. The van der Waals surface area contributed by atoms with Crippen molar-refractivity contribution in [3.63, 3.8) is 0 Å². The summed E-state index contributed by atoms with van der Waals surface area (Å²) >= 11 is 0. The Morgan fingerprint density at radius 3 is 1.98 bits per heavy atom. The Morgan fingerprint density at radius 1 is 0.535 bits per heavy atom. The molecule has 200 valence electrons. The van der Waals surface area contributed by atoms with Gasteiger partial charge in [-0.15, -0.1) is 0 Å². The summed E-state index contributed by atoms with van der Waals surface area (Å²) in [5, 5.41) is 24.2. The van der Waals surface area contributed by atoms with Crippen molar-refractivity contribution in [3.8, 4) is 34.6 Å². The normalized spacial score (nSPS) is 11.3. The lowest BCUT2D eigenvalue weighted by atomic mass is 9.98. The van der Waals surface area contributed by atoms with E-state index in [9.17, 15) is 10.5 Å². The van der Waals surface area contributed by atoms with Crippen molar-refractivity contribution in [1.82, 2.24) is 9.13 Å². The van der Waals surface area contributed by atoms with Gasteiger partial charge in [-0.3, -0.25) is 0 Å². The number of nitriles is 2. The standard InChI is InChI=1S/C39H24N4/c1-25-33(24-41)27(23-40)19-21-34(25)43-36-16-8-6-13-32(36)39-29(14-9-17-37(39)43)26-18-20-31-30-12-5-7-15-35(30)42(38(31)22-26)28-10-3-2-4-11-28/h2-22H,1H3. The van der Waals surface area contributed by atoms with E-state index < -0.39 is 0 Å². The summed E-state index contributed by atoms with van der Waals surface area (Å²) < 4.78 is 4.58. The van der Waals surface area contributed by atoms with Crippen molar-refractivity contribution >= 4 is 43.6 Å². The van der Waals surface area contributed by atoms with E-state index in [1.165, 1.54) is 16.3 Å². The van der Waals surface area contributed by atoms with Crippen molar-refractivity contribution in [3.05, 3.63) is 144 Å². The van der Waals surface area contributed by atoms with Crippen LogP contribution in [0.5, 0.6) is 0 Å². The Bertz CT molecular complexity index is 2480. The summed E-state index contributed by atoms with van der Waals surface area (Å²) in [5.41, 5.74) is 10.4. The highest BCUT2D eigenvalue weighted by Gasteiger charge is 2.20. The number of benzene rings is 6. The minimum Gasteiger partial charge on any atom is -0.309 e. The fourth-order valence-electron chi connectivity index (χ4n) is 6.69. The molecule has 0 atom stereocenters. The Morgan fingerprint density at radius 2 is 1.21 bits per heavy atom. The number of aromatic nitrogens is 2. The molecule has 0 saturated heterocycles. The van der Waals surface area contributed by atoms with Crippen LogP contribution in [0.25, 0.3) is 66.1 Å². The second kappa shape index (κ2) is 9.48. The van der Waals surface area contributed by atoms with E-state index >= 15 is 0 Å². The van der Waals surface area contributed by atoms with Gasteiger partial charge in [-0.05, 0) is 72.1 Å². The molecule has 4 nitrogen and oxygen atoms in total. The molecule has 0 aliphatic rings. The molecule has 0 saturated carbocycles. The lowest BCUT2D eigenvalue weighted by Crippen LogP contribution is -2.00. The van der Waals surface area contributed by atoms with E-state index in [1.807, 2.05) is 19.1 Å². The monoisotopic (exact) mass is 548 g/mol. The number of para-hydroxylation sites is 3. The van der Waals surface area contributed by atoms with E-state index in [-0.39, 0.29) is 0 Å². The Balaban J connectivity index is 1.45. The van der Waals surface area contributed by atoms with Gasteiger partial charge < -0.3 is 9.13 Å². The molecule has 8 aromatic rings. The van der Waals surface area contributed by atoms with Crippen LogP contribution in [0, 0.1) is 29.6 Å². The molecule has 2 heterocycles. The summed E-state index contributed by atoms with van der Waals surface area (Å²) in [4.78, 5) is 0. The molecule has 0 N–H and O–H groups in total. The van der Waals surface area contributed by atoms with E-state index in [1.54, 1.807) is 6.07 Å². The van der Waals surface area contributed by atoms with E-state index in [2.05, 4.69) is 130 Å². The lowest BCUT2D eigenvalue weighted by molar-refractivity contribution is 1.14. The van der Waals surface area contributed by atoms with E-state index in [0.29, 0.717) is 11.1 Å². The first-order valence-corrected chi connectivity index (χ1v) is 14.2. The maximum atomic E-state index is 9.90. The van der Waals surface area contributed by atoms with Crippen LogP contribution in [0.15, 0.2) is 127 Å². The first kappa shape index (κ1) is 24.7. The molecular weight excluding hydrogens is 524 g/mol. The van der Waals surface area contributed by atoms with Crippen LogP contribution in [-0.2, 0) is 0 Å². The molecule has 0 bridgehead atoms. The predicted molar refractivity (Wildman–Crippen MR) is 175 cm³/mol. The molecule has 0 aliphatic heterocycles. The Kier molecular flexibility index (Phi) is 5.44. The van der Waals surface area contributed by atoms with E-state index in [4.69, 9.17) is 0 Å². The van der Waals surface area contributed by atoms with Gasteiger partial charge in [-0.25, -0.2) is 0 Å². The molecule has 8 rings (SSSR count). The second-order valence-electron chi connectivity index (χ2n) is 10.8. The highest BCUT2D eigenvalue weighted by molar-refractivity contribution is 6.17. The average molecular weight is 549 g/mol. The summed E-state index contributed by atoms with van der Waals surface area (Å²) in [6.45, 7) is 1.93. The molecule has 4 heteroatoms. The number of hydrogen-bond donors (Lipinski definition) is 0. The van der Waals surface area contributed by atoms with Crippen molar-refractivity contribution in [2.75, 3.05) is 0 Å². The van der Waals surface area contributed by atoms with Crippen LogP contribution in [0.1, 0.15) is 16.7 Å². The third-order valence-corrected chi connectivity index (χ3v) is 8.61. The number of hydrogen-bond acceptors (Lipinski definition) is 2. The van der Waals surface area contributed by atoms with Gasteiger partial charge in [0.05, 0.1) is 38.9 Å². The largest absolute Gasteiger partial charge is 0.309 e. The first-order valence-electron chi connectivity index (χ1n) is 14.2. The van der Waals surface area contributed by atoms with Crippen molar-refractivity contribution in [2.45, 2.75) is 6.92 Å². The van der Waals surface area contributed by atoms with Crippen LogP contribution in [0.4, 0.5) is 0 Å². The van der Waals surface area contributed by atoms with Crippen LogP contribution in [0.3, 0.4) is 0 Å².